The van der Waals surface area contributed by atoms with E-state index in [1.165, 1.54) is 0 Å². The third-order valence-corrected chi connectivity index (χ3v) is 3.35. The smallest absolute Gasteiger partial charge is 0.227 e. The first-order valence-corrected chi connectivity index (χ1v) is 6.30. The molecule has 1 aromatic rings. The molecule has 1 amide bonds. The molecule has 4 nitrogen and oxygen atoms in total. The molecule has 2 rings (SSSR count). The van der Waals surface area contributed by atoms with E-state index in [1.54, 1.807) is 7.11 Å². The number of benzene rings is 1. The maximum absolute atomic E-state index is 12.1. The molecule has 2 N–H and O–H groups in total. The highest BCUT2D eigenvalue weighted by atomic mass is 16.5. The minimum Gasteiger partial charge on any atom is -0.399 e. The maximum Gasteiger partial charge on any atom is 0.227 e. The van der Waals surface area contributed by atoms with Crippen LogP contribution in [0.4, 0.5) is 5.69 Å². The van der Waals surface area contributed by atoms with Crippen molar-refractivity contribution in [3.8, 4) is 0 Å². The topological polar surface area (TPSA) is 55.6 Å². The first-order valence-electron chi connectivity index (χ1n) is 6.30. The second-order valence-electron chi connectivity index (χ2n) is 4.87. The monoisotopic (exact) mass is 248 g/mol. The SMILES string of the molecule is COCC1CCN(C(=O)Cc2cccc(N)c2)C1. The van der Waals surface area contributed by atoms with Gasteiger partial charge in [0.05, 0.1) is 13.0 Å². The Labute approximate surface area is 108 Å². The summed E-state index contributed by atoms with van der Waals surface area (Å²) in [7, 11) is 1.71. The molecule has 1 heterocycles. The number of hydrogen-bond acceptors (Lipinski definition) is 3. The number of likely N-dealkylation sites (tertiary alicyclic amines) is 1. The van der Waals surface area contributed by atoms with Gasteiger partial charge >= 0.3 is 0 Å². The van der Waals surface area contributed by atoms with E-state index in [2.05, 4.69) is 0 Å². The second-order valence-corrected chi connectivity index (χ2v) is 4.87. The lowest BCUT2D eigenvalue weighted by molar-refractivity contribution is -0.129. The van der Waals surface area contributed by atoms with Crippen molar-refractivity contribution < 1.29 is 9.53 Å². The number of nitrogens with zero attached hydrogens (tertiary/aromatic N) is 1. The summed E-state index contributed by atoms with van der Waals surface area (Å²) >= 11 is 0. The fraction of sp³-hybridized carbons (Fsp3) is 0.500. The average molecular weight is 248 g/mol. The van der Waals surface area contributed by atoms with Crippen LogP contribution in [-0.2, 0) is 16.0 Å². The van der Waals surface area contributed by atoms with Gasteiger partial charge in [0.1, 0.15) is 0 Å². The minimum atomic E-state index is 0.180. The largest absolute Gasteiger partial charge is 0.399 e. The molecule has 0 radical (unpaired) electrons. The Morgan fingerprint density at radius 3 is 3.11 bits per heavy atom. The van der Waals surface area contributed by atoms with Crippen LogP contribution in [0.15, 0.2) is 24.3 Å². The second kappa shape index (κ2) is 5.87. The van der Waals surface area contributed by atoms with Crippen LogP contribution >= 0.6 is 0 Å². The van der Waals surface area contributed by atoms with Gasteiger partial charge in [0.15, 0.2) is 0 Å². The van der Waals surface area contributed by atoms with Crippen LogP contribution in [0.2, 0.25) is 0 Å². The fourth-order valence-electron chi connectivity index (χ4n) is 2.42. The number of amides is 1. The van der Waals surface area contributed by atoms with Crippen LogP contribution in [0.1, 0.15) is 12.0 Å². The average Bonchev–Trinajstić information content (AvgIpc) is 2.78. The van der Waals surface area contributed by atoms with Crippen LogP contribution < -0.4 is 5.73 Å². The predicted molar refractivity (Wildman–Crippen MR) is 71.1 cm³/mol. The number of hydrogen-bond donors (Lipinski definition) is 1. The molecule has 4 heteroatoms. The van der Waals surface area contributed by atoms with Gasteiger partial charge in [-0.15, -0.1) is 0 Å². The van der Waals surface area contributed by atoms with Gasteiger partial charge in [0, 0.05) is 31.8 Å². The summed E-state index contributed by atoms with van der Waals surface area (Å²) in [6.45, 7) is 2.40. The quantitative estimate of drug-likeness (QED) is 0.817. The van der Waals surface area contributed by atoms with E-state index >= 15 is 0 Å². The zero-order valence-corrected chi connectivity index (χ0v) is 10.8. The number of rotatable bonds is 4. The van der Waals surface area contributed by atoms with Gasteiger partial charge in [0.25, 0.3) is 0 Å². The zero-order chi connectivity index (χ0) is 13.0. The number of anilines is 1. The van der Waals surface area contributed by atoms with Gasteiger partial charge in [-0.1, -0.05) is 12.1 Å². The van der Waals surface area contributed by atoms with Gasteiger partial charge < -0.3 is 15.4 Å². The summed E-state index contributed by atoms with van der Waals surface area (Å²) in [5, 5.41) is 0. The molecule has 1 atom stereocenters. The number of nitrogens with two attached hydrogens (primary N) is 1. The molecule has 1 aliphatic rings. The molecular weight excluding hydrogens is 228 g/mol. The number of methoxy groups -OCH3 is 1. The zero-order valence-electron chi connectivity index (χ0n) is 10.8. The molecule has 98 valence electrons. The lowest BCUT2D eigenvalue weighted by Crippen LogP contribution is -2.30. The summed E-state index contributed by atoms with van der Waals surface area (Å²) in [6.07, 6.45) is 1.47. The number of carbonyl (C=O) groups is 1. The molecule has 0 bridgehead atoms. The molecule has 1 fully saturated rings. The van der Waals surface area contributed by atoms with Crippen molar-refractivity contribution in [1.82, 2.24) is 4.90 Å². The number of ether oxygens (including phenoxy) is 1. The summed E-state index contributed by atoms with van der Waals surface area (Å²) in [5.41, 5.74) is 7.40. The Balaban J connectivity index is 1.89. The highest BCUT2D eigenvalue weighted by Gasteiger charge is 2.25. The van der Waals surface area contributed by atoms with Gasteiger partial charge in [-0.05, 0) is 24.1 Å². The Hall–Kier alpha value is -1.55. The van der Waals surface area contributed by atoms with Crippen LogP contribution in [0, 0.1) is 5.92 Å². The highest BCUT2D eigenvalue weighted by Crippen LogP contribution is 2.18. The lowest BCUT2D eigenvalue weighted by atomic mass is 10.1. The Morgan fingerprint density at radius 1 is 1.56 bits per heavy atom. The molecule has 1 aromatic carbocycles. The Morgan fingerprint density at radius 2 is 2.39 bits per heavy atom. The third kappa shape index (κ3) is 3.23. The Kier molecular flexibility index (Phi) is 4.20. The van der Waals surface area contributed by atoms with Crippen molar-refractivity contribution in [2.24, 2.45) is 5.92 Å². The van der Waals surface area contributed by atoms with Crippen LogP contribution in [0.25, 0.3) is 0 Å². The third-order valence-electron chi connectivity index (χ3n) is 3.35. The van der Waals surface area contributed by atoms with Crippen LogP contribution in [0.3, 0.4) is 0 Å². The molecule has 0 spiro atoms. The van der Waals surface area contributed by atoms with E-state index in [9.17, 15) is 4.79 Å². The first kappa shape index (κ1) is 12.9. The maximum atomic E-state index is 12.1. The van der Waals surface area contributed by atoms with E-state index in [0.717, 1.165) is 31.7 Å². The lowest BCUT2D eigenvalue weighted by Gasteiger charge is -2.16. The Bertz CT molecular complexity index is 420. The minimum absolute atomic E-state index is 0.180. The van der Waals surface area contributed by atoms with Crippen LogP contribution in [0.5, 0.6) is 0 Å². The molecular formula is C14H20N2O2. The molecule has 0 aromatic heterocycles. The van der Waals surface area contributed by atoms with E-state index in [-0.39, 0.29) is 5.91 Å². The van der Waals surface area contributed by atoms with Gasteiger partial charge in [-0.25, -0.2) is 0 Å². The van der Waals surface area contributed by atoms with Gasteiger partial charge in [-0.3, -0.25) is 4.79 Å². The molecule has 1 saturated heterocycles. The summed E-state index contributed by atoms with van der Waals surface area (Å²) in [6, 6.07) is 7.52. The predicted octanol–water partition coefficient (Wildman–Crippen LogP) is 1.31. The summed E-state index contributed by atoms with van der Waals surface area (Å²) in [4.78, 5) is 14.0. The standard InChI is InChI=1S/C14H20N2O2/c1-18-10-12-5-6-16(9-12)14(17)8-11-3-2-4-13(15)7-11/h2-4,7,12H,5-6,8-10,15H2,1H3. The van der Waals surface area contributed by atoms with E-state index in [1.807, 2.05) is 29.2 Å². The van der Waals surface area contributed by atoms with Crippen molar-refractivity contribution in [3.63, 3.8) is 0 Å². The van der Waals surface area contributed by atoms with E-state index in [0.29, 0.717) is 18.0 Å². The van der Waals surface area contributed by atoms with Crippen molar-refractivity contribution in [1.29, 1.82) is 0 Å². The molecule has 1 aliphatic heterocycles. The summed E-state index contributed by atoms with van der Waals surface area (Å²) < 4.78 is 5.13. The molecule has 0 aliphatic carbocycles. The van der Waals surface area contributed by atoms with Crippen LogP contribution in [-0.4, -0.2) is 37.6 Å². The van der Waals surface area contributed by atoms with Crippen molar-refractivity contribution in [3.05, 3.63) is 29.8 Å². The van der Waals surface area contributed by atoms with Gasteiger partial charge in [0.2, 0.25) is 5.91 Å². The number of nitrogen functional groups attached to an aromatic ring is 1. The fourth-order valence-corrected chi connectivity index (χ4v) is 2.42. The first-order chi connectivity index (χ1) is 8.69. The highest BCUT2D eigenvalue weighted by molar-refractivity contribution is 5.79. The van der Waals surface area contributed by atoms with E-state index < -0.39 is 0 Å². The van der Waals surface area contributed by atoms with Crippen molar-refractivity contribution in [2.75, 3.05) is 32.5 Å². The van der Waals surface area contributed by atoms with E-state index in [4.69, 9.17) is 10.5 Å². The van der Waals surface area contributed by atoms with Crippen molar-refractivity contribution >= 4 is 11.6 Å². The van der Waals surface area contributed by atoms with Gasteiger partial charge in [-0.2, -0.15) is 0 Å². The van der Waals surface area contributed by atoms with Crippen molar-refractivity contribution in [2.45, 2.75) is 12.8 Å². The number of carbonyl (C=O) groups excluding carboxylic acids is 1. The normalized spacial score (nSPS) is 19.2. The molecule has 0 saturated carbocycles. The summed E-state index contributed by atoms with van der Waals surface area (Å²) in [5.74, 6) is 0.666. The molecule has 18 heavy (non-hydrogen) atoms. The molecule has 1 unspecified atom stereocenters.